The van der Waals surface area contributed by atoms with Gasteiger partial charge in [0.15, 0.2) is 10.9 Å². The molecule has 0 aliphatic rings. The van der Waals surface area contributed by atoms with Gasteiger partial charge in [-0.25, -0.2) is 0 Å². The fourth-order valence-electron chi connectivity index (χ4n) is 1.40. The lowest BCUT2D eigenvalue weighted by Crippen LogP contribution is -2.30. The van der Waals surface area contributed by atoms with Crippen molar-refractivity contribution in [3.05, 3.63) is 48.2 Å². The second-order valence-electron chi connectivity index (χ2n) is 3.50. The van der Waals surface area contributed by atoms with Gasteiger partial charge >= 0.3 is 0 Å². The molecule has 4 nitrogen and oxygen atoms in total. The van der Waals surface area contributed by atoms with Crippen LogP contribution in [0.15, 0.2) is 47.2 Å². The summed E-state index contributed by atoms with van der Waals surface area (Å²) in [6.07, 6.45) is 2.43. The van der Waals surface area contributed by atoms with E-state index < -0.39 is 0 Å². The van der Waals surface area contributed by atoms with Crippen molar-refractivity contribution in [2.24, 2.45) is 0 Å². The van der Waals surface area contributed by atoms with Gasteiger partial charge in [-0.1, -0.05) is 35.5 Å². The molecule has 88 valence electrons. The first kappa shape index (κ1) is 11.6. The molecule has 0 aliphatic heterocycles. The predicted octanol–water partition coefficient (Wildman–Crippen LogP) is 2.20. The van der Waals surface area contributed by atoms with Gasteiger partial charge in [0.1, 0.15) is 6.26 Å². The Hall–Kier alpha value is -1.88. The maximum Gasteiger partial charge on any atom is 0.175 e. The van der Waals surface area contributed by atoms with Gasteiger partial charge in [0.2, 0.25) is 0 Å². The van der Waals surface area contributed by atoms with Gasteiger partial charge in [-0.2, -0.15) is 0 Å². The fourth-order valence-corrected chi connectivity index (χ4v) is 1.61. The zero-order valence-electron chi connectivity index (χ0n) is 9.22. The minimum atomic E-state index is 0.551. The number of hydrogen-bond donors (Lipinski definition) is 2. The van der Waals surface area contributed by atoms with Crippen LogP contribution in [0.4, 0.5) is 5.82 Å². The van der Waals surface area contributed by atoms with E-state index >= 15 is 0 Å². The molecule has 0 amide bonds. The minimum absolute atomic E-state index is 0.551. The van der Waals surface area contributed by atoms with E-state index in [4.69, 9.17) is 12.2 Å². The normalized spacial score (nSPS) is 9.88. The van der Waals surface area contributed by atoms with Crippen molar-refractivity contribution < 1.29 is 4.52 Å². The molecule has 0 fully saturated rings. The molecule has 1 heterocycles. The van der Waals surface area contributed by atoms with Crippen LogP contribution >= 0.6 is 12.2 Å². The molecule has 0 atom stereocenters. The number of benzene rings is 1. The maximum absolute atomic E-state index is 5.11. The Morgan fingerprint density at radius 3 is 2.76 bits per heavy atom. The van der Waals surface area contributed by atoms with Crippen molar-refractivity contribution in [3.63, 3.8) is 0 Å². The number of nitrogens with zero attached hydrogens (tertiary/aromatic N) is 1. The monoisotopic (exact) mass is 247 g/mol. The van der Waals surface area contributed by atoms with Crippen LogP contribution in [-0.4, -0.2) is 16.8 Å². The molecular weight excluding hydrogens is 234 g/mol. The molecule has 1 aromatic heterocycles. The Bertz CT molecular complexity index is 456. The topological polar surface area (TPSA) is 50.1 Å². The number of thiocarbonyl (C=S) groups is 1. The Kier molecular flexibility index (Phi) is 4.10. The molecule has 0 spiro atoms. The van der Waals surface area contributed by atoms with Gasteiger partial charge in [0.05, 0.1) is 0 Å². The molecule has 2 N–H and O–H groups in total. The van der Waals surface area contributed by atoms with Crippen molar-refractivity contribution >= 4 is 23.1 Å². The highest BCUT2D eigenvalue weighted by Gasteiger charge is 1.99. The molecule has 17 heavy (non-hydrogen) atoms. The lowest BCUT2D eigenvalue weighted by Gasteiger charge is -2.07. The van der Waals surface area contributed by atoms with Crippen molar-refractivity contribution in [1.82, 2.24) is 10.5 Å². The van der Waals surface area contributed by atoms with E-state index in [1.807, 2.05) is 18.2 Å². The van der Waals surface area contributed by atoms with Crippen LogP contribution in [0.25, 0.3) is 0 Å². The molecule has 1 aromatic carbocycles. The number of nitrogens with one attached hydrogen (secondary N) is 2. The van der Waals surface area contributed by atoms with E-state index in [0.717, 1.165) is 13.0 Å². The van der Waals surface area contributed by atoms with Crippen molar-refractivity contribution in [1.29, 1.82) is 0 Å². The number of anilines is 1. The number of hydrogen-bond acceptors (Lipinski definition) is 3. The van der Waals surface area contributed by atoms with Crippen LogP contribution in [0.2, 0.25) is 0 Å². The lowest BCUT2D eigenvalue weighted by molar-refractivity contribution is 0.423. The first-order chi connectivity index (χ1) is 8.34. The summed E-state index contributed by atoms with van der Waals surface area (Å²) in [6.45, 7) is 0.785. The zero-order chi connectivity index (χ0) is 11.9. The van der Waals surface area contributed by atoms with Gasteiger partial charge in [-0.15, -0.1) is 0 Å². The SMILES string of the molecule is S=C(NCCc1ccccc1)Nc1ccon1. The molecule has 2 aromatic rings. The van der Waals surface area contributed by atoms with Gasteiger partial charge in [-0.3, -0.25) is 0 Å². The summed E-state index contributed by atoms with van der Waals surface area (Å²) in [4.78, 5) is 0. The summed E-state index contributed by atoms with van der Waals surface area (Å²) in [7, 11) is 0. The third kappa shape index (κ3) is 3.88. The van der Waals surface area contributed by atoms with Gasteiger partial charge < -0.3 is 15.2 Å². The summed E-state index contributed by atoms with van der Waals surface area (Å²) in [5, 5.41) is 10.3. The van der Waals surface area contributed by atoms with Crippen LogP contribution in [0.3, 0.4) is 0 Å². The van der Waals surface area contributed by atoms with Gasteiger partial charge in [0, 0.05) is 12.6 Å². The van der Waals surface area contributed by atoms with Crippen molar-refractivity contribution in [3.8, 4) is 0 Å². The largest absolute Gasteiger partial charge is 0.363 e. The molecule has 2 rings (SSSR count). The van der Waals surface area contributed by atoms with Gasteiger partial charge in [-0.05, 0) is 24.2 Å². The van der Waals surface area contributed by atoms with Gasteiger partial charge in [0.25, 0.3) is 0 Å². The maximum atomic E-state index is 5.11. The Morgan fingerprint density at radius 2 is 2.06 bits per heavy atom. The summed E-state index contributed by atoms with van der Waals surface area (Å²) in [5.41, 5.74) is 1.28. The first-order valence-electron chi connectivity index (χ1n) is 5.34. The third-order valence-electron chi connectivity index (χ3n) is 2.22. The number of rotatable bonds is 4. The average Bonchev–Trinajstić information content (AvgIpc) is 2.83. The molecular formula is C12H13N3OS. The molecule has 0 bridgehead atoms. The van der Waals surface area contributed by atoms with Crippen molar-refractivity contribution in [2.45, 2.75) is 6.42 Å². The second kappa shape index (κ2) is 6.00. The van der Waals surface area contributed by atoms with E-state index in [9.17, 15) is 0 Å². The second-order valence-corrected chi connectivity index (χ2v) is 3.91. The summed E-state index contributed by atoms with van der Waals surface area (Å²) in [6, 6.07) is 12.0. The Labute approximate surface area is 105 Å². The molecule has 0 saturated heterocycles. The molecule has 0 saturated carbocycles. The molecule has 0 aliphatic carbocycles. The molecule has 0 radical (unpaired) electrons. The number of aromatic nitrogens is 1. The highest BCUT2D eigenvalue weighted by molar-refractivity contribution is 7.80. The van der Waals surface area contributed by atoms with Crippen molar-refractivity contribution in [2.75, 3.05) is 11.9 Å². The minimum Gasteiger partial charge on any atom is -0.363 e. The first-order valence-corrected chi connectivity index (χ1v) is 5.74. The zero-order valence-corrected chi connectivity index (χ0v) is 10.0. The lowest BCUT2D eigenvalue weighted by atomic mass is 10.1. The van der Waals surface area contributed by atoms with E-state index in [-0.39, 0.29) is 0 Å². The quantitative estimate of drug-likeness (QED) is 0.811. The average molecular weight is 247 g/mol. The smallest absolute Gasteiger partial charge is 0.175 e. The van der Waals surface area contributed by atoms with Crippen LogP contribution in [0.5, 0.6) is 0 Å². The summed E-state index contributed by atoms with van der Waals surface area (Å²) in [5.74, 6) is 0.613. The Morgan fingerprint density at radius 1 is 1.24 bits per heavy atom. The van der Waals surface area contributed by atoms with Crippen LogP contribution in [-0.2, 0) is 6.42 Å². The van der Waals surface area contributed by atoms with E-state index in [2.05, 4.69) is 32.4 Å². The summed E-state index contributed by atoms with van der Waals surface area (Å²) >= 11 is 5.11. The molecule has 5 heteroatoms. The van der Waals surface area contributed by atoms with E-state index in [1.165, 1.54) is 11.8 Å². The van der Waals surface area contributed by atoms with E-state index in [0.29, 0.717) is 10.9 Å². The van der Waals surface area contributed by atoms with Crippen LogP contribution in [0, 0.1) is 0 Å². The fraction of sp³-hybridized carbons (Fsp3) is 0.167. The third-order valence-corrected chi connectivity index (χ3v) is 2.47. The van der Waals surface area contributed by atoms with E-state index in [1.54, 1.807) is 6.07 Å². The highest BCUT2D eigenvalue weighted by atomic mass is 32.1. The Balaban J connectivity index is 1.70. The standard InChI is InChI=1S/C12H13N3OS/c17-12(14-11-7-9-16-15-11)13-8-6-10-4-2-1-3-5-10/h1-5,7,9H,6,8H2,(H2,13,14,15,17). The highest BCUT2D eigenvalue weighted by Crippen LogP contribution is 2.01. The van der Waals surface area contributed by atoms with Crippen LogP contribution < -0.4 is 10.6 Å². The predicted molar refractivity (Wildman–Crippen MR) is 70.9 cm³/mol. The summed E-state index contributed by atoms with van der Waals surface area (Å²) < 4.78 is 4.69. The van der Waals surface area contributed by atoms with Crippen LogP contribution in [0.1, 0.15) is 5.56 Å². The molecule has 0 unspecified atom stereocenters.